The number of carbonyl (C=O) groups excluding carboxylic acids is 1. The molecule has 2 rings (SSSR count). The Kier molecular flexibility index (Phi) is 3.80. The Morgan fingerprint density at radius 3 is 2.79 bits per heavy atom. The molecule has 4 nitrogen and oxygen atoms in total. The molecule has 3 unspecified atom stereocenters. The van der Waals surface area contributed by atoms with Crippen molar-refractivity contribution in [2.45, 2.75) is 39.8 Å². The molecule has 3 atom stereocenters. The van der Waals surface area contributed by atoms with E-state index in [9.17, 15) is 4.79 Å². The summed E-state index contributed by atoms with van der Waals surface area (Å²) in [5.74, 6) is 0.652. The second-order valence-corrected chi connectivity index (χ2v) is 5.50. The summed E-state index contributed by atoms with van der Waals surface area (Å²) < 4.78 is 5.81. The molecule has 1 heterocycles. The summed E-state index contributed by atoms with van der Waals surface area (Å²) in [5.41, 5.74) is 7.82. The minimum atomic E-state index is -0.195. The Hall–Kier alpha value is -1.55. The number of hydrogen-bond donors (Lipinski definition) is 1. The van der Waals surface area contributed by atoms with Gasteiger partial charge in [-0.15, -0.1) is 0 Å². The number of benzene rings is 1. The van der Waals surface area contributed by atoms with Gasteiger partial charge in [0.2, 0.25) is 5.91 Å². The zero-order valence-electron chi connectivity index (χ0n) is 12.0. The van der Waals surface area contributed by atoms with Crippen LogP contribution in [0, 0.1) is 12.8 Å². The molecular formula is C15H22N2O2. The van der Waals surface area contributed by atoms with Crippen molar-refractivity contribution in [1.82, 2.24) is 0 Å². The molecule has 104 valence electrons. The van der Waals surface area contributed by atoms with Gasteiger partial charge in [-0.25, -0.2) is 0 Å². The molecule has 4 heteroatoms. The van der Waals surface area contributed by atoms with Crippen molar-refractivity contribution in [2.24, 2.45) is 11.7 Å². The number of aryl methyl sites for hydroxylation is 1. The van der Waals surface area contributed by atoms with Crippen LogP contribution in [0.1, 0.15) is 26.3 Å². The second-order valence-electron chi connectivity index (χ2n) is 5.50. The Morgan fingerprint density at radius 2 is 2.16 bits per heavy atom. The lowest BCUT2D eigenvalue weighted by Crippen LogP contribution is -2.47. The number of nitrogens with zero attached hydrogens (tertiary/aromatic N) is 1. The van der Waals surface area contributed by atoms with E-state index in [1.807, 2.05) is 45.9 Å². The Balaban J connectivity index is 2.35. The quantitative estimate of drug-likeness (QED) is 0.888. The van der Waals surface area contributed by atoms with Crippen molar-refractivity contribution < 1.29 is 9.53 Å². The van der Waals surface area contributed by atoms with Crippen LogP contribution in [-0.2, 0) is 4.79 Å². The SMILES string of the molecule is Cc1ccc2c(c1)OC(C)CN2C(=O)C(C)C(C)N. The van der Waals surface area contributed by atoms with Crippen molar-refractivity contribution >= 4 is 11.6 Å². The number of hydrogen-bond acceptors (Lipinski definition) is 3. The molecule has 0 bridgehead atoms. The zero-order chi connectivity index (χ0) is 14.2. The lowest BCUT2D eigenvalue weighted by molar-refractivity contribution is -0.122. The highest BCUT2D eigenvalue weighted by Crippen LogP contribution is 2.35. The number of fused-ring (bicyclic) bond motifs is 1. The number of nitrogens with two attached hydrogens (primary N) is 1. The van der Waals surface area contributed by atoms with Gasteiger partial charge in [0.1, 0.15) is 11.9 Å². The molecule has 0 aliphatic carbocycles. The predicted molar refractivity (Wildman–Crippen MR) is 76.4 cm³/mol. The molecule has 2 N–H and O–H groups in total. The highest BCUT2D eigenvalue weighted by molar-refractivity contribution is 5.97. The van der Waals surface area contributed by atoms with Gasteiger partial charge >= 0.3 is 0 Å². The van der Waals surface area contributed by atoms with Gasteiger partial charge in [-0.3, -0.25) is 4.79 Å². The molecule has 0 spiro atoms. The third-order valence-corrected chi connectivity index (χ3v) is 3.62. The molecule has 0 fully saturated rings. The summed E-state index contributed by atoms with van der Waals surface area (Å²) in [6.45, 7) is 8.30. The van der Waals surface area contributed by atoms with Crippen LogP contribution in [0.3, 0.4) is 0 Å². The average molecular weight is 262 g/mol. The van der Waals surface area contributed by atoms with E-state index < -0.39 is 0 Å². The van der Waals surface area contributed by atoms with Gasteiger partial charge in [0, 0.05) is 6.04 Å². The molecule has 1 aliphatic rings. The van der Waals surface area contributed by atoms with Crippen molar-refractivity contribution in [3.8, 4) is 5.75 Å². The van der Waals surface area contributed by atoms with Crippen LogP contribution in [0.15, 0.2) is 18.2 Å². The van der Waals surface area contributed by atoms with Crippen molar-refractivity contribution in [1.29, 1.82) is 0 Å². The lowest BCUT2D eigenvalue weighted by Gasteiger charge is -2.35. The predicted octanol–water partition coefficient (Wildman–Crippen LogP) is 2.09. The zero-order valence-corrected chi connectivity index (χ0v) is 12.0. The van der Waals surface area contributed by atoms with Crippen molar-refractivity contribution in [3.05, 3.63) is 23.8 Å². The van der Waals surface area contributed by atoms with E-state index in [2.05, 4.69) is 0 Å². The molecule has 0 saturated carbocycles. The highest BCUT2D eigenvalue weighted by atomic mass is 16.5. The first-order valence-electron chi connectivity index (χ1n) is 6.74. The Bertz CT molecular complexity index is 485. The Morgan fingerprint density at radius 1 is 1.47 bits per heavy atom. The largest absolute Gasteiger partial charge is 0.487 e. The minimum Gasteiger partial charge on any atom is -0.487 e. The third kappa shape index (κ3) is 2.73. The molecule has 19 heavy (non-hydrogen) atoms. The van der Waals surface area contributed by atoms with Gasteiger partial charge in [-0.2, -0.15) is 0 Å². The molecule has 0 aromatic heterocycles. The first-order valence-corrected chi connectivity index (χ1v) is 6.74. The summed E-state index contributed by atoms with van der Waals surface area (Å²) in [5, 5.41) is 0. The van der Waals surface area contributed by atoms with E-state index >= 15 is 0 Å². The summed E-state index contributed by atoms with van der Waals surface area (Å²) in [6.07, 6.45) is -0.00136. The number of carbonyl (C=O) groups is 1. The van der Waals surface area contributed by atoms with E-state index in [1.165, 1.54) is 0 Å². The van der Waals surface area contributed by atoms with Crippen LogP contribution in [0.25, 0.3) is 0 Å². The van der Waals surface area contributed by atoms with Gasteiger partial charge in [-0.05, 0) is 38.5 Å². The number of anilines is 1. The third-order valence-electron chi connectivity index (χ3n) is 3.62. The van der Waals surface area contributed by atoms with Crippen molar-refractivity contribution in [2.75, 3.05) is 11.4 Å². The molecule has 0 radical (unpaired) electrons. The van der Waals surface area contributed by atoms with Gasteiger partial charge in [0.15, 0.2) is 0 Å². The summed E-state index contributed by atoms with van der Waals surface area (Å²) in [6, 6.07) is 5.76. The van der Waals surface area contributed by atoms with Gasteiger partial charge in [0.05, 0.1) is 18.2 Å². The van der Waals surface area contributed by atoms with Gasteiger partial charge < -0.3 is 15.4 Å². The first-order chi connectivity index (χ1) is 8.90. The fourth-order valence-corrected chi connectivity index (χ4v) is 2.23. The maximum absolute atomic E-state index is 12.5. The molecular weight excluding hydrogens is 240 g/mol. The highest BCUT2D eigenvalue weighted by Gasteiger charge is 2.31. The van der Waals surface area contributed by atoms with Crippen molar-refractivity contribution in [3.63, 3.8) is 0 Å². The lowest BCUT2D eigenvalue weighted by atomic mass is 10.0. The molecule has 0 saturated heterocycles. The smallest absolute Gasteiger partial charge is 0.231 e. The van der Waals surface area contributed by atoms with Gasteiger partial charge in [0.25, 0.3) is 0 Å². The normalized spacial score (nSPS) is 21.3. The maximum atomic E-state index is 12.5. The fourth-order valence-electron chi connectivity index (χ4n) is 2.23. The van der Waals surface area contributed by atoms with E-state index in [4.69, 9.17) is 10.5 Å². The first kappa shape index (κ1) is 13.9. The van der Waals surface area contributed by atoms with E-state index in [0.717, 1.165) is 17.0 Å². The van der Waals surface area contributed by atoms with Gasteiger partial charge in [-0.1, -0.05) is 13.0 Å². The van der Waals surface area contributed by atoms with E-state index in [0.29, 0.717) is 6.54 Å². The standard InChI is InChI=1S/C15H22N2O2/c1-9-5-6-13-14(7-9)19-10(2)8-17(13)15(18)11(3)12(4)16/h5-7,10-12H,8,16H2,1-4H3. The molecule has 1 aromatic rings. The van der Waals surface area contributed by atoms with Crippen LogP contribution in [-0.4, -0.2) is 24.6 Å². The van der Waals surface area contributed by atoms with E-state index in [-0.39, 0.29) is 24.0 Å². The number of ether oxygens (including phenoxy) is 1. The van der Waals surface area contributed by atoms with Crippen LogP contribution >= 0.6 is 0 Å². The fraction of sp³-hybridized carbons (Fsp3) is 0.533. The van der Waals surface area contributed by atoms with E-state index in [1.54, 1.807) is 4.90 Å². The van der Waals surface area contributed by atoms with Crippen LogP contribution in [0.4, 0.5) is 5.69 Å². The molecule has 1 amide bonds. The number of amides is 1. The topological polar surface area (TPSA) is 55.6 Å². The second kappa shape index (κ2) is 5.21. The minimum absolute atomic E-state index is 0.00136. The Labute approximate surface area is 114 Å². The molecule has 1 aromatic carbocycles. The summed E-state index contributed by atoms with van der Waals surface area (Å²) in [4.78, 5) is 14.3. The summed E-state index contributed by atoms with van der Waals surface area (Å²) >= 11 is 0. The average Bonchev–Trinajstić information content (AvgIpc) is 2.35. The maximum Gasteiger partial charge on any atom is 0.231 e. The van der Waals surface area contributed by atoms with Crippen LogP contribution < -0.4 is 15.4 Å². The number of rotatable bonds is 2. The molecule has 1 aliphatic heterocycles. The summed E-state index contributed by atoms with van der Waals surface area (Å²) in [7, 11) is 0. The van der Waals surface area contributed by atoms with Crippen LogP contribution in [0.5, 0.6) is 5.75 Å². The van der Waals surface area contributed by atoms with Crippen LogP contribution in [0.2, 0.25) is 0 Å². The monoisotopic (exact) mass is 262 g/mol.